The summed E-state index contributed by atoms with van der Waals surface area (Å²) in [6.45, 7) is 0.399. The summed E-state index contributed by atoms with van der Waals surface area (Å²) in [6, 6.07) is 14.3. The molecule has 2 aromatic carbocycles. The quantitative estimate of drug-likeness (QED) is 0.904. The average Bonchev–Trinajstić information content (AvgIpc) is 2.39. The zero-order chi connectivity index (χ0) is 13.0. The molecule has 2 nitrogen and oxygen atoms in total. The molecule has 0 saturated carbocycles. The molecule has 0 aliphatic carbocycles. The Morgan fingerprint density at radius 2 is 1.78 bits per heavy atom. The molecule has 0 aliphatic heterocycles. The second kappa shape index (κ2) is 5.98. The zero-order valence-corrected chi connectivity index (χ0v) is 11.3. The Morgan fingerprint density at radius 3 is 2.39 bits per heavy atom. The number of hydrogen-bond acceptors (Lipinski definition) is 2. The van der Waals surface area contributed by atoms with Crippen molar-refractivity contribution in [3.05, 3.63) is 64.4 Å². The summed E-state index contributed by atoms with van der Waals surface area (Å²) in [7, 11) is 0. The molecule has 0 saturated heterocycles. The highest BCUT2D eigenvalue weighted by atomic mass is 79.9. The zero-order valence-electron chi connectivity index (χ0n) is 9.74. The Kier molecular flexibility index (Phi) is 4.33. The smallest absolute Gasteiger partial charge is 0.146 e. The predicted octanol–water partition coefficient (Wildman–Crippen LogP) is 3.70. The minimum absolute atomic E-state index is 0.102. The third kappa shape index (κ3) is 3.09. The first kappa shape index (κ1) is 13.1. The van der Waals surface area contributed by atoms with Gasteiger partial charge in [-0.25, -0.2) is 4.39 Å². The molecule has 1 atom stereocenters. The first-order valence-electron chi connectivity index (χ1n) is 5.67. The maximum absolute atomic E-state index is 13.6. The van der Waals surface area contributed by atoms with E-state index in [1.54, 1.807) is 18.2 Å². The number of hydrogen-bond donors (Lipinski definition) is 2. The number of nitrogens with two attached hydrogens (primary N) is 1. The minimum Gasteiger partial charge on any atom is -0.375 e. The molecular weight excluding hydrogens is 295 g/mol. The van der Waals surface area contributed by atoms with Gasteiger partial charge in [0, 0.05) is 11.0 Å². The first-order valence-corrected chi connectivity index (χ1v) is 6.46. The summed E-state index contributed by atoms with van der Waals surface area (Å²) >= 11 is 3.38. The average molecular weight is 309 g/mol. The summed E-state index contributed by atoms with van der Waals surface area (Å²) in [5.41, 5.74) is 7.24. The van der Waals surface area contributed by atoms with Crippen molar-refractivity contribution >= 4 is 21.6 Å². The number of nitrogens with one attached hydrogen (secondary N) is 1. The monoisotopic (exact) mass is 308 g/mol. The fourth-order valence-electron chi connectivity index (χ4n) is 1.74. The summed E-state index contributed by atoms with van der Waals surface area (Å²) < 4.78 is 14.6. The van der Waals surface area contributed by atoms with Crippen LogP contribution in [-0.2, 0) is 0 Å². The van der Waals surface area contributed by atoms with Gasteiger partial charge < -0.3 is 11.1 Å². The van der Waals surface area contributed by atoms with Crippen LogP contribution in [0.1, 0.15) is 11.6 Å². The fraction of sp³-hybridized carbons (Fsp3) is 0.143. The van der Waals surface area contributed by atoms with E-state index < -0.39 is 0 Å². The van der Waals surface area contributed by atoms with Crippen LogP contribution in [-0.4, -0.2) is 6.54 Å². The van der Waals surface area contributed by atoms with Gasteiger partial charge in [0.2, 0.25) is 0 Å². The van der Waals surface area contributed by atoms with Crippen molar-refractivity contribution in [1.29, 1.82) is 0 Å². The van der Waals surface area contributed by atoms with Crippen LogP contribution in [0, 0.1) is 5.82 Å². The highest BCUT2D eigenvalue weighted by molar-refractivity contribution is 9.10. The lowest BCUT2D eigenvalue weighted by Crippen LogP contribution is -2.21. The predicted molar refractivity (Wildman–Crippen MR) is 76.0 cm³/mol. The molecule has 2 rings (SSSR count). The summed E-state index contributed by atoms with van der Waals surface area (Å²) in [4.78, 5) is 0. The standard InChI is InChI=1S/C14H14BrFN2/c15-11-7-5-10(6-8-11)14(9-17)18-13-4-2-1-3-12(13)16/h1-8,14,18H,9,17H2. The number of halogens is 2. The van der Waals surface area contributed by atoms with Gasteiger partial charge in [0.25, 0.3) is 0 Å². The molecule has 4 heteroatoms. The number of benzene rings is 2. The van der Waals surface area contributed by atoms with Gasteiger partial charge in [-0.05, 0) is 29.8 Å². The molecule has 1 unspecified atom stereocenters. The van der Waals surface area contributed by atoms with Gasteiger partial charge in [-0.15, -0.1) is 0 Å². The lowest BCUT2D eigenvalue weighted by Gasteiger charge is -2.19. The first-order chi connectivity index (χ1) is 8.70. The van der Waals surface area contributed by atoms with Gasteiger partial charge in [0.1, 0.15) is 5.82 Å². The Morgan fingerprint density at radius 1 is 1.11 bits per heavy atom. The fourth-order valence-corrected chi connectivity index (χ4v) is 2.00. The van der Waals surface area contributed by atoms with E-state index in [0.717, 1.165) is 10.0 Å². The second-order valence-corrected chi connectivity index (χ2v) is 4.88. The Balaban J connectivity index is 2.20. The van der Waals surface area contributed by atoms with Crippen LogP contribution in [0.2, 0.25) is 0 Å². The van der Waals surface area contributed by atoms with Gasteiger partial charge >= 0.3 is 0 Å². The maximum atomic E-state index is 13.6. The third-order valence-corrected chi connectivity index (χ3v) is 3.24. The highest BCUT2D eigenvalue weighted by Crippen LogP contribution is 2.22. The van der Waals surface area contributed by atoms with Crippen molar-refractivity contribution in [1.82, 2.24) is 0 Å². The largest absolute Gasteiger partial charge is 0.375 e. The molecule has 94 valence electrons. The molecule has 18 heavy (non-hydrogen) atoms. The van der Waals surface area contributed by atoms with Gasteiger partial charge in [-0.3, -0.25) is 0 Å². The molecule has 0 aromatic heterocycles. The van der Waals surface area contributed by atoms with E-state index in [2.05, 4.69) is 21.2 Å². The van der Waals surface area contributed by atoms with Gasteiger partial charge in [0.15, 0.2) is 0 Å². The van der Waals surface area contributed by atoms with Crippen molar-refractivity contribution in [2.45, 2.75) is 6.04 Å². The van der Waals surface area contributed by atoms with Crippen LogP contribution < -0.4 is 11.1 Å². The maximum Gasteiger partial charge on any atom is 0.146 e. The molecule has 0 heterocycles. The molecule has 0 aliphatic rings. The van der Waals surface area contributed by atoms with Crippen LogP contribution in [0.5, 0.6) is 0 Å². The van der Waals surface area contributed by atoms with E-state index in [1.165, 1.54) is 6.07 Å². The van der Waals surface area contributed by atoms with E-state index in [-0.39, 0.29) is 11.9 Å². The molecule has 0 spiro atoms. The molecule has 0 radical (unpaired) electrons. The van der Waals surface area contributed by atoms with Crippen molar-refractivity contribution in [3.63, 3.8) is 0 Å². The number of para-hydroxylation sites is 1. The van der Waals surface area contributed by atoms with Gasteiger partial charge in [-0.2, -0.15) is 0 Å². The molecular formula is C14H14BrFN2. The molecule has 0 fully saturated rings. The van der Waals surface area contributed by atoms with Crippen LogP contribution in [0.15, 0.2) is 53.0 Å². The highest BCUT2D eigenvalue weighted by Gasteiger charge is 2.11. The minimum atomic E-state index is -0.270. The van der Waals surface area contributed by atoms with Crippen LogP contribution >= 0.6 is 15.9 Å². The normalized spacial score (nSPS) is 12.2. The van der Waals surface area contributed by atoms with E-state index in [9.17, 15) is 4.39 Å². The topological polar surface area (TPSA) is 38.0 Å². The number of anilines is 1. The number of rotatable bonds is 4. The third-order valence-electron chi connectivity index (χ3n) is 2.71. The molecule has 0 bridgehead atoms. The van der Waals surface area contributed by atoms with Crippen LogP contribution in [0.3, 0.4) is 0 Å². The van der Waals surface area contributed by atoms with Crippen molar-refractivity contribution in [3.8, 4) is 0 Å². The van der Waals surface area contributed by atoms with Crippen molar-refractivity contribution in [2.24, 2.45) is 5.73 Å². The van der Waals surface area contributed by atoms with Gasteiger partial charge in [-0.1, -0.05) is 40.2 Å². The molecule has 3 N–H and O–H groups in total. The Labute approximate surface area is 114 Å². The Hall–Kier alpha value is -1.39. The molecule has 2 aromatic rings. The lowest BCUT2D eigenvalue weighted by atomic mass is 10.1. The lowest BCUT2D eigenvalue weighted by molar-refractivity contribution is 0.626. The van der Waals surface area contributed by atoms with Crippen LogP contribution in [0.4, 0.5) is 10.1 Å². The molecule has 0 amide bonds. The van der Waals surface area contributed by atoms with E-state index in [4.69, 9.17) is 5.73 Å². The summed E-state index contributed by atoms with van der Waals surface area (Å²) in [6.07, 6.45) is 0. The summed E-state index contributed by atoms with van der Waals surface area (Å²) in [5, 5.41) is 3.12. The van der Waals surface area contributed by atoms with Crippen molar-refractivity contribution < 1.29 is 4.39 Å². The Bertz CT molecular complexity index is 513. The van der Waals surface area contributed by atoms with Gasteiger partial charge in [0.05, 0.1) is 11.7 Å². The van der Waals surface area contributed by atoms with E-state index in [0.29, 0.717) is 12.2 Å². The second-order valence-electron chi connectivity index (χ2n) is 3.96. The van der Waals surface area contributed by atoms with Crippen LogP contribution in [0.25, 0.3) is 0 Å². The SMILES string of the molecule is NCC(Nc1ccccc1F)c1ccc(Br)cc1. The van der Waals surface area contributed by atoms with E-state index in [1.807, 2.05) is 24.3 Å². The van der Waals surface area contributed by atoms with Crippen molar-refractivity contribution in [2.75, 3.05) is 11.9 Å². The summed E-state index contributed by atoms with van der Waals surface area (Å²) in [5.74, 6) is -0.270. The van der Waals surface area contributed by atoms with E-state index >= 15 is 0 Å².